The average Bonchev–Trinajstić information content (AvgIpc) is 2.25. The van der Waals surface area contributed by atoms with E-state index in [0.29, 0.717) is 11.6 Å². The first kappa shape index (κ1) is 8.97. The summed E-state index contributed by atoms with van der Waals surface area (Å²) in [5.41, 5.74) is 2.70. The lowest BCUT2D eigenvalue weighted by Crippen LogP contribution is -2.00. The number of aromatic nitrogens is 2. The molecule has 1 aromatic heterocycles. The summed E-state index contributed by atoms with van der Waals surface area (Å²) in [5.74, 6) is 0.413. The van der Waals surface area contributed by atoms with Crippen LogP contribution in [-0.4, -0.2) is 16.1 Å². The molecule has 0 bridgehead atoms. The molecule has 0 aromatic carbocycles. The van der Waals surface area contributed by atoms with E-state index in [1.807, 2.05) is 14.0 Å². The predicted octanol–water partition coefficient (Wildman–Crippen LogP) is 1.66. The van der Waals surface area contributed by atoms with Gasteiger partial charge in [0.05, 0.1) is 0 Å². The van der Waals surface area contributed by atoms with Crippen molar-refractivity contribution in [3.8, 4) is 0 Å². The molecule has 0 atom stereocenters. The van der Waals surface area contributed by atoms with Crippen LogP contribution in [0.5, 0.6) is 0 Å². The van der Waals surface area contributed by atoms with Crippen LogP contribution in [0.2, 0.25) is 0 Å². The van der Waals surface area contributed by atoms with Gasteiger partial charge in [0.2, 0.25) is 0 Å². The number of aryl methyl sites for hydroxylation is 1. The van der Waals surface area contributed by atoms with Gasteiger partial charge in [0.1, 0.15) is 5.69 Å². The molecule has 0 aliphatic rings. The van der Waals surface area contributed by atoms with Crippen LogP contribution < -0.4 is 0 Å². The smallest absolute Gasteiger partial charge is 0.170 e. The number of rotatable bonds is 2. The first-order valence-corrected chi connectivity index (χ1v) is 4.06. The summed E-state index contributed by atoms with van der Waals surface area (Å²) in [7, 11) is 1.87. The third kappa shape index (κ3) is 1.26. The molecule has 0 saturated heterocycles. The van der Waals surface area contributed by atoms with Crippen LogP contribution >= 0.6 is 0 Å². The van der Waals surface area contributed by atoms with Gasteiger partial charge in [-0.15, -0.1) is 0 Å². The number of carbonyl (C=O) groups excluding carboxylic acids is 1. The first-order valence-electron chi connectivity index (χ1n) is 4.06. The summed E-state index contributed by atoms with van der Waals surface area (Å²) < 4.78 is 1.78. The molecule has 1 aromatic rings. The van der Waals surface area contributed by atoms with E-state index in [4.69, 9.17) is 0 Å². The second-order valence-electron chi connectivity index (χ2n) is 3.29. The molecule has 12 heavy (non-hydrogen) atoms. The third-order valence-corrected chi connectivity index (χ3v) is 2.03. The first-order chi connectivity index (χ1) is 5.57. The fourth-order valence-corrected chi connectivity index (χ4v) is 1.58. The molecule has 0 fully saturated rings. The van der Waals surface area contributed by atoms with E-state index in [1.165, 1.54) is 0 Å². The number of hydrogen-bond acceptors (Lipinski definition) is 2. The molecule has 1 rings (SSSR count). The topological polar surface area (TPSA) is 34.9 Å². The lowest BCUT2D eigenvalue weighted by molar-refractivity contribution is 0.111. The Morgan fingerprint density at radius 1 is 1.50 bits per heavy atom. The second-order valence-corrected chi connectivity index (χ2v) is 3.29. The van der Waals surface area contributed by atoms with Gasteiger partial charge >= 0.3 is 0 Å². The average molecular weight is 166 g/mol. The van der Waals surface area contributed by atoms with E-state index in [9.17, 15) is 4.79 Å². The minimum Gasteiger partial charge on any atom is -0.296 e. The van der Waals surface area contributed by atoms with Crippen molar-refractivity contribution < 1.29 is 4.79 Å². The highest BCUT2D eigenvalue weighted by molar-refractivity contribution is 5.74. The van der Waals surface area contributed by atoms with Gasteiger partial charge in [-0.3, -0.25) is 9.48 Å². The van der Waals surface area contributed by atoms with Gasteiger partial charge in [-0.1, -0.05) is 13.8 Å². The fraction of sp³-hybridized carbons (Fsp3) is 0.556. The molecular weight excluding hydrogens is 152 g/mol. The Morgan fingerprint density at radius 2 is 2.08 bits per heavy atom. The zero-order chi connectivity index (χ0) is 9.30. The minimum atomic E-state index is 0.413. The summed E-state index contributed by atoms with van der Waals surface area (Å²) in [4.78, 5) is 10.5. The lowest BCUT2D eigenvalue weighted by Gasteiger charge is -2.05. The number of aldehydes is 1. The molecule has 0 N–H and O–H groups in total. The van der Waals surface area contributed by atoms with Gasteiger partial charge in [-0.25, -0.2) is 0 Å². The quantitative estimate of drug-likeness (QED) is 0.626. The maximum absolute atomic E-state index is 10.5. The Bertz CT molecular complexity index is 300. The van der Waals surface area contributed by atoms with Crippen LogP contribution in [0.25, 0.3) is 0 Å². The molecule has 0 aliphatic carbocycles. The van der Waals surface area contributed by atoms with E-state index >= 15 is 0 Å². The fourth-order valence-electron chi connectivity index (χ4n) is 1.58. The van der Waals surface area contributed by atoms with Gasteiger partial charge < -0.3 is 0 Å². The highest BCUT2D eigenvalue weighted by Gasteiger charge is 2.13. The van der Waals surface area contributed by atoms with Crippen LogP contribution in [-0.2, 0) is 7.05 Å². The normalized spacial score (nSPS) is 10.8. The van der Waals surface area contributed by atoms with Crippen molar-refractivity contribution in [1.82, 2.24) is 9.78 Å². The van der Waals surface area contributed by atoms with E-state index in [1.54, 1.807) is 4.68 Å². The van der Waals surface area contributed by atoms with Crippen molar-refractivity contribution in [2.24, 2.45) is 7.05 Å². The van der Waals surface area contributed by atoms with Crippen molar-refractivity contribution in [3.63, 3.8) is 0 Å². The SMILES string of the molecule is Cc1c(C=O)nn(C)c1C(C)C. The number of carbonyl (C=O) groups is 1. The van der Waals surface area contributed by atoms with Crippen LogP contribution in [0, 0.1) is 6.92 Å². The number of nitrogens with zero attached hydrogens (tertiary/aromatic N) is 2. The van der Waals surface area contributed by atoms with Crippen molar-refractivity contribution in [2.75, 3.05) is 0 Å². The summed E-state index contributed by atoms with van der Waals surface area (Å²) in [5, 5.41) is 4.10. The largest absolute Gasteiger partial charge is 0.296 e. The highest BCUT2D eigenvalue weighted by atomic mass is 16.1. The number of hydrogen-bond donors (Lipinski definition) is 0. The zero-order valence-electron chi connectivity index (χ0n) is 7.96. The third-order valence-electron chi connectivity index (χ3n) is 2.03. The van der Waals surface area contributed by atoms with Gasteiger partial charge in [0.15, 0.2) is 6.29 Å². The van der Waals surface area contributed by atoms with E-state index in [2.05, 4.69) is 18.9 Å². The zero-order valence-corrected chi connectivity index (χ0v) is 7.96. The van der Waals surface area contributed by atoms with Crippen molar-refractivity contribution >= 4 is 6.29 Å². The molecule has 1 heterocycles. The molecule has 0 amide bonds. The lowest BCUT2D eigenvalue weighted by atomic mass is 10.1. The molecule has 0 saturated carbocycles. The van der Waals surface area contributed by atoms with Crippen LogP contribution in [0.3, 0.4) is 0 Å². The van der Waals surface area contributed by atoms with E-state index in [0.717, 1.165) is 17.5 Å². The Morgan fingerprint density at radius 3 is 2.33 bits per heavy atom. The van der Waals surface area contributed by atoms with Crippen LogP contribution in [0.1, 0.15) is 41.5 Å². The summed E-state index contributed by atoms with van der Waals surface area (Å²) >= 11 is 0. The Labute approximate surface area is 72.4 Å². The second kappa shape index (κ2) is 3.09. The van der Waals surface area contributed by atoms with Crippen molar-refractivity contribution in [2.45, 2.75) is 26.7 Å². The summed E-state index contributed by atoms with van der Waals surface area (Å²) in [6, 6.07) is 0. The molecule has 66 valence electrons. The molecule has 3 nitrogen and oxygen atoms in total. The highest BCUT2D eigenvalue weighted by Crippen LogP contribution is 2.19. The Kier molecular flexibility index (Phi) is 2.31. The van der Waals surface area contributed by atoms with E-state index < -0.39 is 0 Å². The molecular formula is C9H14N2O. The van der Waals surface area contributed by atoms with Crippen LogP contribution in [0.4, 0.5) is 0 Å². The molecule has 0 spiro atoms. The van der Waals surface area contributed by atoms with Crippen molar-refractivity contribution in [3.05, 3.63) is 17.0 Å². The van der Waals surface area contributed by atoms with Gasteiger partial charge in [-0.05, 0) is 12.8 Å². The Hall–Kier alpha value is -1.12. The molecule has 0 aliphatic heterocycles. The van der Waals surface area contributed by atoms with E-state index in [-0.39, 0.29) is 0 Å². The molecule has 0 radical (unpaired) electrons. The molecule has 0 unspecified atom stereocenters. The molecule has 3 heteroatoms. The standard InChI is InChI=1S/C9H14N2O/c1-6(2)9-7(3)8(5-12)10-11(9)4/h5-6H,1-4H3. The minimum absolute atomic E-state index is 0.413. The summed E-state index contributed by atoms with van der Waals surface area (Å²) in [6.07, 6.45) is 0.807. The van der Waals surface area contributed by atoms with Gasteiger partial charge in [-0.2, -0.15) is 5.10 Å². The Balaban J connectivity index is 3.27. The van der Waals surface area contributed by atoms with Crippen LogP contribution in [0.15, 0.2) is 0 Å². The van der Waals surface area contributed by atoms with Gasteiger partial charge in [0, 0.05) is 18.3 Å². The maximum Gasteiger partial charge on any atom is 0.170 e. The predicted molar refractivity (Wildman–Crippen MR) is 47.4 cm³/mol. The van der Waals surface area contributed by atoms with Gasteiger partial charge in [0.25, 0.3) is 0 Å². The monoisotopic (exact) mass is 166 g/mol. The summed E-state index contributed by atoms with van der Waals surface area (Å²) in [6.45, 7) is 6.13. The van der Waals surface area contributed by atoms with Crippen molar-refractivity contribution in [1.29, 1.82) is 0 Å². The maximum atomic E-state index is 10.5.